The van der Waals surface area contributed by atoms with Crippen LogP contribution in [0.15, 0.2) is 66.3 Å². The van der Waals surface area contributed by atoms with Crippen molar-refractivity contribution in [2.24, 2.45) is 22.2 Å². The normalized spacial score (nSPS) is 23.0. The molecular formula is C56H73ClN10O6S. The van der Waals surface area contributed by atoms with Crippen LogP contribution in [0.1, 0.15) is 108 Å². The van der Waals surface area contributed by atoms with Crippen LogP contribution in [0.4, 0.5) is 5.82 Å². The number of aromatic nitrogens is 2. The molecule has 3 aliphatic heterocycles. The number of likely N-dealkylation sites (tertiary alicyclic amines) is 2. The highest BCUT2D eigenvalue weighted by molar-refractivity contribution is 7.13. The first-order valence-corrected chi connectivity index (χ1v) is 27.2. The molecule has 0 spiro atoms. The topological polar surface area (TPSA) is 196 Å². The Bertz CT molecular complexity index is 2690. The third kappa shape index (κ3) is 12.1. The number of benzene rings is 2. The van der Waals surface area contributed by atoms with Gasteiger partial charge in [-0.1, -0.05) is 84.3 Å². The van der Waals surface area contributed by atoms with Crippen molar-refractivity contribution in [3.05, 3.63) is 93.7 Å². The number of pyridine rings is 1. The molecule has 74 heavy (non-hydrogen) atoms. The minimum absolute atomic E-state index is 0.0155. The van der Waals surface area contributed by atoms with Crippen LogP contribution in [0, 0.1) is 40.4 Å². The number of aliphatic hydroxyl groups is 1. The summed E-state index contributed by atoms with van der Waals surface area (Å²) >= 11 is 7.85. The molecule has 4 atom stereocenters. The molecule has 2 aromatic heterocycles. The summed E-state index contributed by atoms with van der Waals surface area (Å²) in [4.78, 5) is 73.8. The Balaban J connectivity index is 0.758. The predicted molar refractivity (Wildman–Crippen MR) is 288 cm³/mol. The van der Waals surface area contributed by atoms with E-state index < -0.39 is 23.6 Å². The second-order valence-corrected chi connectivity index (χ2v) is 24.4. The van der Waals surface area contributed by atoms with E-state index >= 15 is 0 Å². The number of carbonyl (C=O) groups excluding carboxylic acids is 4. The summed E-state index contributed by atoms with van der Waals surface area (Å²) in [5, 5.41) is 29.7. The first-order chi connectivity index (χ1) is 35.0. The van der Waals surface area contributed by atoms with Crippen LogP contribution in [0.25, 0.3) is 10.4 Å². The SMILES string of the molecule is Cc1ncsc1-c1ccc([C@H](C)NC(=O)C2C[C@@H](O)CN2C(=O)[C@@H](NC(=O)CN2CCC(CN3CCN(c4ccc(C(=O)N[C@H]5C(C)(C)[C@H](Oc6ccc(C#N)c(Cl)c6)C5(C)C)cn4)CC3)CC2)C(C)(C)C)cc1. The first kappa shape index (κ1) is 54.6. The van der Waals surface area contributed by atoms with Crippen molar-refractivity contribution in [2.45, 2.75) is 118 Å². The molecule has 396 valence electrons. The number of anilines is 1. The molecule has 18 heteroatoms. The number of rotatable bonds is 15. The number of ether oxygens (including phenoxy) is 1. The lowest BCUT2D eigenvalue weighted by Crippen LogP contribution is -2.74. The van der Waals surface area contributed by atoms with E-state index in [9.17, 15) is 29.5 Å². The molecule has 3 saturated heterocycles. The summed E-state index contributed by atoms with van der Waals surface area (Å²) in [6.07, 6.45) is 2.64. The minimum atomic E-state index is -0.893. The molecule has 5 heterocycles. The molecule has 1 aliphatic carbocycles. The summed E-state index contributed by atoms with van der Waals surface area (Å²) in [5.41, 5.74) is 4.24. The van der Waals surface area contributed by atoms with Gasteiger partial charge in [-0.05, 0) is 86.5 Å². The van der Waals surface area contributed by atoms with Crippen LogP contribution in [-0.4, -0.2) is 143 Å². The largest absolute Gasteiger partial charge is 0.489 e. The van der Waals surface area contributed by atoms with Crippen molar-refractivity contribution in [3.63, 3.8) is 0 Å². The number of nitrogens with one attached hydrogen (secondary N) is 3. The van der Waals surface area contributed by atoms with E-state index in [0.29, 0.717) is 27.8 Å². The van der Waals surface area contributed by atoms with Gasteiger partial charge < -0.3 is 35.6 Å². The Morgan fingerprint density at radius 2 is 1.62 bits per heavy atom. The number of β-amino-alcohol motifs (C(OH)–C–C–N with tert-alkyl or cyclic N) is 1. The fourth-order valence-corrected chi connectivity index (χ4v) is 12.8. The maximum Gasteiger partial charge on any atom is 0.253 e. The van der Waals surface area contributed by atoms with Gasteiger partial charge in [0, 0.05) is 74.8 Å². The molecule has 4 N–H and O–H groups in total. The average molecular weight is 1050 g/mol. The molecule has 0 bridgehead atoms. The standard InChI is InChI=1S/C56H73ClN10O6S/c1-34(37-10-12-38(13-11-37)47-35(2)60-33-74-47)61-50(71)44-26-41(68)31-67(44)51(72)48(54(3,4)5)62-46(69)32-64-20-18-36(19-21-64)30-65-22-24-66(25-23-65)45-17-15-40(29-59-45)49(70)63-52-55(6,7)53(56(52,8)9)73-42-16-14-39(28-58)43(57)27-42/h10-17,27,29,33-34,36,41,44,48,52-53,68H,18-26,30-32H2,1-9H3,(H,61,71)(H,62,69)(H,63,70)/t34-,41+,44?,48+,52-,53-/m0/s1. The molecule has 2 aromatic carbocycles. The number of amides is 4. The highest BCUT2D eigenvalue weighted by Crippen LogP contribution is 2.55. The number of nitriles is 1. The molecule has 4 fully saturated rings. The Morgan fingerprint density at radius 3 is 2.22 bits per heavy atom. The molecule has 4 aromatic rings. The summed E-state index contributed by atoms with van der Waals surface area (Å²) in [5.74, 6) is 0.799. The zero-order valence-electron chi connectivity index (χ0n) is 44.3. The Hall–Kier alpha value is -5.64. The lowest BCUT2D eigenvalue weighted by Gasteiger charge is -2.63. The zero-order chi connectivity index (χ0) is 53.3. The Morgan fingerprint density at radius 1 is 0.932 bits per heavy atom. The average Bonchev–Trinajstić information content (AvgIpc) is 3.99. The lowest BCUT2D eigenvalue weighted by molar-refractivity contribution is -0.164. The van der Waals surface area contributed by atoms with Crippen LogP contribution in [-0.2, 0) is 14.4 Å². The van der Waals surface area contributed by atoms with Crippen molar-refractivity contribution in [2.75, 3.05) is 63.8 Å². The minimum Gasteiger partial charge on any atom is -0.489 e. The smallest absolute Gasteiger partial charge is 0.253 e. The summed E-state index contributed by atoms with van der Waals surface area (Å²) in [6.45, 7) is 24.1. The van der Waals surface area contributed by atoms with Crippen molar-refractivity contribution in [1.82, 2.24) is 40.6 Å². The fraction of sp³-hybridized carbons (Fsp3) is 0.554. The molecular weight excluding hydrogens is 976 g/mol. The van der Waals surface area contributed by atoms with Gasteiger partial charge in [0.05, 0.1) is 50.9 Å². The van der Waals surface area contributed by atoms with Gasteiger partial charge in [-0.25, -0.2) is 9.97 Å². The van der Waals surface area contributed by atoms with Crippen LogP contribution in [0.3, 0.4) is 0 Å². The molecule has 8 rings (SSSR count). The van der Waals surface area contributed by atoms with E-state index in [1.165, 1.54) is 4.90 Å². The maximum absolute atomic E-state index is 14.3. The summed E-state index contributed by atoms with van der Waals surface area (Å²) in [6, 6.07) is 16.7. The summed E-state index contributed by atoms with van der Waals surface area (Å²) < 4.78 is 6.39. The number of aliphatic hydroxyl groups excluding tert-OH is 1. The molecule has 16 nitrogen and oxygen atoms in total. The zero-order valence-corrected chi connectivity index (χ0v) is 45.9. The molecule has 1 saturated carbocycles. The number of hydrogen-bond donors (Lipinski definition) is 4. The monoisotopic (exact) mass is 1050 g/mol. The third-order valence-corrected chi connectivity index (χ3v) is 17.1. The maximum atomic E-state index is 14.3. The first-order valence-electron chi connectivity index (χ1n) is 25.9. The van der Waals surface area contributed by atoms with E-state index in [0.717, 1.165) is 86.2 Å². The van der Waals surface area contributed by atoms with Gasteiger partial charge in [0.15, 0.2) is 0 Å². The van der Waals surface area contributed by atoms with Crippen molar-refractivity contribution in [1.29, 1.82) is 5.26 Å². The third-order valence-electron chi connectivity index (χ3n) is 15.8. The number of aryl methyl sites for hydroxylation is 1. The number of hydrogen-bond acceptors (Lipinski definition) is 13. The number of piperazine rings is 1. The lowest BCUT2D eigenvalue weighted by atomic mass is 9.49. The van der Waals surface area contributed by atoms with E-state index in [-0.39, 0.29) is 72.2 Å². The van der Waals surface area contributed by atoms with Gasteiger partial charge in [0.1, 0.15) is 35.8 Å². The molecule has 0 radical (unpaired) electrons. The number of nitrogens with zero attached hydrogens (tertiary/aromatic N) is 7. The van der Waals surface area contributed by atoms with Crippen molar-refractivity contribution >= 4 is 52.4 Å². The quantitative estimate of drug-likeness (QED) is 0.0968. The highest BCUT2D eigenvalue weighted by Gasteiger charge is 2.64. The van der Waals surface area contributed by atoms with E-state index in [1.54, 1.807) is 35.7 Å². The number of piperidine rings is 1. The highest BCUT2D eigenvalue weighted by atomic mass is 35.5. The molecule has 4 amide bonds. The van der Waals surface area contributed by atoms with Gasteiger partial charge in [-0.2, -0.15) is 5.26 Å². The summed E-state index contributed by atoms with van der Waals surface area (Å²) in [7, 11) is 0. The van der Waals surface area contributed by atoms with Gasteiger partial charge in [0.25, 0.3) is 5.91 Å². The van der Waals surface area contributed by atoms with E-state index in [4.69, 9.17) is 21.3 Å². The van der Waals surface area contributed by atoms with Crippen molar-refractivity contribution < 1.29 is 29.0 Å². The number of carbonyl (C=O) groups is 4. The Labute approximate surface area is 445 Å². The molecule has 1 unspecified atom stereocenters. The van der Waals surface area contributed by atoms with Crippen LogP contribution in [0.5, 0.6) is 5.75 Å². The van der Waals surface area contributed by atoms with Gasteiger partial charge >= 0.3 is 0 Å². The second kappa shape index (κ2) is 22.3. The van der Waals surface area contributed by atoms with Crippen LogP contribution in [0.2, 0.25) is 5.02 Å². The van der Waals surface area contributed by atoms with Crippen LogP contribution >= 0.6 is 22.9 Å². The predicted octanol–water partition coefficient (Wildman–Crippen LogP) is 6.85. The van der Waals surface area contributed by atoms with Gasteiger partial charge in [-0.15, -0.1) is 11.3 Å². The Kier molecular flexibility index (Phi) is 16.5. The van der Waals surface area contributed by atoms with E-state index in [2.05, 4.69) is 69.4 Å². The van der Waals surface area contributed by atoms with Gasteiger partial charge in [-0.3, -0.25) is 29.0 Å². The molecule has 4 aliphatic rings. The van der Waals surface area contributed by atoms with Gasteiger partial charge in [0.2, 0.25) is 17.7 Å². The fourth-order valence-electron chi connectivity index (χ4n) is 11.8. The van der Waals surface area contributed by atoms with E-state index in [1.807, 2.05) is 76.5 Å². The van der Waals surface area contributed by atoms with Crippen molar-refractivity contribution in [3.8, 4) is 22.3 Å². The number of halogens is 1. The number of thiazole rings is 1. The second-order valence-electron chi connectivity index (χ2n) is 23.1. The van der Waals surface area contributed by atoms with Crippen LogP contribution < -0.4 is 25.6 Å².